The van der Waals surface area contributed by atoms with E-state index in [-0.39, 0.29) is 15.8 Å². The number of hydrogen-bond acceptors (Lipinski definition) is 4. The lowest BCUT2D eigenvalue weighted by atomic mass is 10.2. The van der Waals surface area contributed by atoms with E-state index in [4.69, 9.17) is 0 Å². The average Bonchev–Trinajstić information content (AvgIpc) is 2.37. The van der Waals surface area contributed by atoms with Crippen molar-refractivity contribution < 1.29 is 4.39 Å². The molecule has 0 spiro atoms. The largest absolute Gasteiger partial charge is 0.280 e. The lowest BCUT2D eigenvalue weighted by Gasteiger charge is -2.00. The molecule has 0 radical (unpaired) electrons. The monoisotopic (exact) mass is 310 g/mol. The molecular formula is C11H8BrFN4O. The summed E-state index contributed by atoms with van der Waals surface area (Å²) in [6, 6.07) is 6.23. The van der Waals surface area contributed by atoms with Crippen LogP contribution >= 0.6 is 15.9 Å². The van der Waals surface area contributed by atoms with E-state index in [1.54, 1.807) is 18.2 Å². The van der Waals surface area contributed by atoms with Crippen molar-refractivity contribution in [2.45, 2.75) is 0 Å². The van der Waals surface area contributed by atoms with E-state index in [9.17, 15) is 9.18 Å². The van der Waals surface area contributed by atoms with Crippen LogP contribution in [0.2, 0.25) is 0 Å². The molecule has 18 heavy (non-hydrogen) atoms. The molecule has 0 amide bonds. The van der Waals surface area contributed by atoms with Crippen LogP contribution in [0.5, 0.6) is 0 Å². The summed E-state index contributed by atoms with van der Waals surface area (Å²) < 4.78 is 13.5. The van der Waals surface area contributed by atoms with Crippen molar-refractivity contribution in [1.29, 1.82) is 0 Å². The third kappa shape index (κ3) is 2.80. The third-order valence-corrected chi connectivity index (χ3v) is 2.88. The zero-order valence-electron chi connectivity index (χ0n) is 9.02. The summed E-state index contributed by atoms with van der Waals surface area (Å²) in [5, 5.41) is 9.70. The van der Waals surface area contributed by atoms with Gasteiger partial charge in [0.1, 0.15) is 10.3 Å². The average molecular weight is 311 g/mol. The SMILES string of the molecule is O=c1[nH]ncc(NN=Cc2ccccc2F)c1Br. The number of nitrogens with zero attached hydrogens (tertiary/aromatic N) is 2. The molecule has 5 nitrogen and oxygen atoms in total. The lowest BCUT2D eigenvalue weighted by Crippen LogP contribution is -2.10. The van der Waals surface area contributed by atoms with Gasteiger partial charge in [-0.3, -0.25) is 10.2 Å². The Hall–Kier alpha value is -2.02. The molecule has 1 aromatic heterocycles. The molecule has 2 N–H and O–H groups in total. The number of halogens is 2. The van der Waals surface area contributed by atoms with Crippen LogP contribution in [0.1, 0.15) is 5.56 Å². The quantitative estimate of drug-likeness (QED) is 0.674. The minimum atomic E-state index is -0.374. The van der Waals surface area contributed by atoms with Crippen molar-refractivity contribution in [1.82, 2.24) is 10.2 Å². The van der Waals surface area contributed by atoms with Gasteiger partial charge in [-0.15, -0.1) is 0 Å². The van der Waals surface area contributed by atoms with Crippen LogP contribution in [0.3, 0.4) is 0 Å². The van der Waals surface area contributed by atoms with Crippen molar-refractivity contribution in [3.05, 3.63) is 56.7 Å². The van der Waals surface area contributed by atoms with E-state index >= 15 is 0 Å². The zero-order chi connectivity index (χ0) is 13.0. The standard InChI is InChI=1S/C11H8BrFN4O/c12-10-9(6-15-17-11(10)18)16-14-5-7-3-1-2-4-8(7)13/h1-6H,(H2,16,17,18). The highest BCUT2D eigenvalue weighted by Crippen LogP contribution is 2.15. The molecule has 0 unspecified atom stereocenters. The van der Waals surface area contributed by atoms with Crippen LogP contribution in [-0.2, 0) is 0 Å². The topological polar surface area (TPSA) is 70.1 Å². The highest BCUT2D eigenvalue weighted by molar-refractivity contribution is 9.10. The van der Waals surface area contributed by atoms with Crippen molar-refractivity contribution in [2.75, 3.05) is 5.43 Å². The summed E-state index contributed by atoms with van der Waals surface area (Å²) in [5.41, 5.74) is 2.97. The second kappa shape index (κ2) is 5.54. The van der Waals surface area contributed by atoms with Crippen molar-refractivity contribution in [2.24, 2.45) is 5.10 Å². The molecule has 7 heteroatoms. The second-order valence-electron chi connectivity index (χ2n) is 3.32. The Balaban J connectivity index is 2.15. The predicted molar refractivity (Wildman–Crippen MR) is 70.2 cm³/mol. The fourth-order valence-electron chi connectivity index (χ4n) is 1.21. The Kier molecular flexibility index (Phi) is 3.83. The number of benzene rings is 1. The fraction of sp³-hybridized carbons (Fsp3) is 0. The summed E-state index contributed by atoms with van der Waals surface area (Å²) in [4.78, 5) is 11.2. The molecule has 0 saturated carbocycles. The first kappa shape index (κ1) is 12.4. The van der Waals surface area contributed by atoms with Crippen molar-refractivity contribution in [3.63, 3.8) is 0 Å². The van der Waals surface area contributed by atoms with Gasteiger partial charge in [-0.05, 0) is 22.0 Å². The van der Waals surface area contributed by atoms with Crippen LogP contribution in [0.4, 0.5) is 10.1 Å². The number of nitrogens with one attached hydrogen (secondary N) is 2. The van der Waals surface area contributed by atoms with Gasteiger partial charge in [0.2, 0.25) is 0 Å². The maximum absolute atomic E-state index is 13.3. The van der Waals surface area contributed by atoms with Gasteiger partial charge >= 0.3 is 0 Å². The van der Waals surface area contributed by atoms with Crippen LogP contribution in [-0.4, -0.2) is 16.4 Å². The number of hydrogen-bond donors (Lipinski definition) is 2. The van der Waals surface area contributed by atoms with Gasteiger partial charge in [-0.25, -0.2) is 9.49 Å². The third-order valence-electron chi connectivity index (χ3n) is 2.09. The Morgan fingerprint density at radius 3 is 3.00 bits per heavy atom. The van der Waals surface area contributed by atoms with Crippen LogP contribution in [0.15, 0.2) is 44.8 Å². The first-order valence-corrected chi connectivity index (χ1v) is 5.74. The summed E-state index contributed by atoms with van der Waals surface area (Å²) in [6.45, 7) is 0. The van der Waals surface area contributed by atoms with Crippen molar-refractivity contribution in [3.8, 4) is 0 Å². The number of H-pyrrole nitrogens is 1. The molecule has 0 aliphatic heterocycles. The minimum absolute atomic E-state index is 0.281. The van der Waals surface area contributed by atoms with E-state index in [2.05, 4.69) is 36.7 Å². The van der Waals surface area contributed by atoms with Gasteiger partial charge in [0, 0.05) is 5.56 Å². The van der Waals surface area contributed by atoms with Crippen LogP contribution < -0.4 is 11.0 Å². The predicted octanol–water partition coefficient (Wildman–Crippen LogP) is 2.12. The summed E-state index contributed by atoms with van der Waals surface area (Å²) in [7, 11) is 0. The number of aromatic nitrogens is 2. The molecule has 0 atom stereocenters. The minimum Gasteiger partial charge on any atom is -0.275 e. The zero-order valence-corrected chi connectivity index (χ0v) is 10.6. The summed E-state index contributed by atoms with van der Waals surface area (Å²) in [6.07, 6.45) is 2.72. The number of aromatic amines is 1. The molecule has 0 bridgehead atoms. The van der Waals surface area contributed by atoms with Crippen LogP contribution in [0.25, 0.3) is 0 Å². The molecule has 1 heterocycles. The Bertz CT molecular complexity index is 641. The van der Waals surface area contributed by atoms with E-state index in [0.717, 1.165) is 0 Å². The molecule has 0 aliphatic rings. The summed E-state index contributed by atoms with van der Waals surface area (Å²) >= 11 is 3.09. The first-order valence-electron chi connectivity index (χ1n) is 4.95. The van der Waals surface area contributed by atoms with Gasteiger partial charge in [-0.1, -0.05) is 18.2 Å². The van der Waals surface area contributed by atoms with E-state index < -0.39 is 0 Å². The van der Waals surface area contributed by atoms with Crippen molar-refractivity contribution >= 4 is 27.8 Å². The molecule has 0 saturated heterocycles. The summed E-state index contributed by atoms with van der Waals surface area (Å²) in [5.74, 6) is -0.369. The molecule has 2 aromatic rings. The molecule has 0 aliphatic carbocycles. The van der Waals surface area contributed by atoms with Gasteiger partial charge in [-0.2, -0.15) is 10.2 Å². The lowest BCUT2D eigenvalue weighted by molar-refractivity contribution is 0.626. The van der Waals surface area contributed by atoms with Gasteiger partial charge in [0.25, 0.3) is 5.56 Å². The molecule has 92 valence electrons. The smallest absolute Gasteiger partial charge is 0.275 e. The highest BCUT2D eigenvalue weighted by atomic mass is 79.9. The molecule has 2 rings (SSSR count). The second-order valence-corrected chi connectivity index (χ2v) is 4.11. The number of anilines is 1. The number of rotatable bonds is 3. The molecule has 0 fully saturated rings. The molecular weight excluding hydrogens is 303 g/mol. The maximum atomic E-state index is 13.3. The van der Waals surface area contributed by atoms with E-state index in [1.807, 2.05) is 0 Å². The normalized spacial score (nSPS) is 10.8. The Morgan fingerprint density at radius 2 is 2.22 bits per heavy atom. The van der Waals surface area contributed by atoms with Gasteiger partial charge in [0.05, 0.1) is 18.1 Å². The highest BCUT2D eigenvalue weighted by Gasteiger charge is 2.02. The molecule has 1 aromatic carbocycles. The maximum Gasteiger partial charge on any atom is 0.280 e. The van der Waals surface area contributed by atoms with Gasteiger partial charge < -0.3 is 0 Å². The first-order chi connectivity index (χ1) is 8.68. The van der Waals surface area contributed by atoms with E-state index in [1.165, 1.54) is 18.5 Å². The van der Waals surface area contributed by atoms with E-state index in [0.29, 0.717) is 11.3 Å². The Labute approximate surface area is 110 Å². The number of hydrazone groups is 1. The fourth-order valence-corrected chi connectivity index (χ4v) is 1.49. The van der Waals surface area contributed by atoms with Crippen LogP contribution in [0, 0.1) is 5.82 Å². The Morgan fingerprint density at radius 1 is 1.44 bits per heavy atom. The van der Waals surface area contributed by atoms with Gasteiger partial charge in [0.15, 0.2) is 0 Å².